The minimum atomic E-state index is -3.59. The first kappa shape index (κ1) is 30.0. The topological polar surface area (TPSA) is 51.5 Å². The van der Waals surface area contributed by atoms with E-state index in [2.05, 4.69) is 70.1 Å². The van der Waals surface area contributed by atoms with Crippen molar-refractivity contribution in [3.63, 3.8) is 0 Å². The molecule has 1 fully saturated rings. The molecular weight excluding hydrogens is 528 g/mol. The first-order valence-electron chi connectivity index (χ1n) is 14.4. The van der Waals surface area contributed by atoms with Crippen molar-refractivity contribution in [1.82, 2.24) is 8.87 Å². The third-order valence-corrected chi connectivity index (χ3v) is 16.4. The van der Waals surface area contributed by atoms with Crippen molar-refractivity contribution >= 4 is 34.3 Å². The van der Waals surface area contributed by atoms with Crippen LogP contribution < -0.4 is 5.32 Å². The zero-order valence-electron chi connectivity index (χ0n) is 24.5. The predicted molar refractivity (Wildman–Crippen MR) is 162 cm³/mol. The second-order valence-electron chi connectivity index (χ2n) is 11.6. The molecule has 1 aromatic heterocycles. The maximum absolute atomic E-state index is 14.5. The van der Waals surface area contributed by atoms with Crippen LogP contribution in [0.3, 0.4) is 0 Å². The van der Waals surface area contributed by atoms with Gasteiger partial charge < -0.3 is 4.74 Å². The Balaban J connectivity index is 1.62. The van der Waals surface area contributed by atoms with Crippen LogP contribution in [0, 0.1) is 11.7 Å². The molecule has 0 saturated heterocycles. The third kappa shape index (κ3) is 5.63. The molecular formula is C31H45FN2O3SSi. The highest BCUT2D eigenvalue weighted by Gasteiger charge is 2.40. The smallest absolute Gasteiger partial charge is 0.235 e. The Morgan fingerprint density at radius 1 is 1.03 bits per heavy atom. The SMILES string of the molecule is CC[Si](CC)(CC)c1c(COCC2CCC(c3ccccc3)(N(C)C)CC2)c2cc(F)ccc2n1S(C)(=O)=O. The number of fused-ring (bicyclic) bond motifs is 1. The van der Waals surface area contributed by atoms with E-state index in [1.165, 1.54) is 27.9 Å². The Morgan fingerprint density at radius 3 is 2.18 bits per heavy atom. The maximum atomic E-state index is 14.5. The summed E-state index contributed by atoms with van der Waals surface area (Å²) in [5, 5.41) is 1.57. The average molecular weight is 573 g/mol. The van der Waals surface area contributed by atoms with E-state index in [0.717, 1.165) is 54.7 Å². The minimum absolute atomic E-state index is 0.0416. The molecule has 4 rings (SSSR count). The molecule has 0 radical (unpaired) electrons. The van der Waals surface area contributed by atoms with Crippen molar-refractivity contribution in [1.29, 1.82) is 0 Å². The van der Waals surface area contributed by atoms with Gasteiger partial charge in [0.05, 0.1) is 18.4 Å². The van der Waals surface area contributed by atoms with Gasteiger partial charge in [0, 0.05) is 28.4 Å². The number of hydrogen-bond donors (Lipinski definition) is 0. The lowest BCUT2D eigenvalue weighted by atomic mass is 9.72. The van der Waals surface area contributed by atoms with E-state index in [1.54, 1.807) is 6.07 Å². The molecule has 0 aliphatic heterocycles. The number of ether oxygens (including phenoxy) is 1. The van der Waals surface area contributed by atoms with Crippen LogP contribution in [0.25, 0.3) is 10.9 Å². The van der Waals surface area contributed by atoms with E-state index in [0.29, 0.717) is 30.0 Å². The highest BCUT2D eigenvalue weighted by atomic mass is 32.2. The van der Waals surface area contributed by atoms with Gasteiger partial charge in [0.2, 0.25) is 10.0 Å². The lowest BCUT2D eigenvalue weighted by Gasteiger charge is -2.45. The standard InChI is InChI=1S/C31H45FN2O3SSi/c1-7-39(8-2,9-3)30-28(27-21-26(32)15-16-29(27)34(30)38(6,35)36)23-37-22-24-17-19-31(20-18-24,33(4)5)25-13-11-10-12-14-25/h10-16,21,24H,7-9,17-20,22-23H2,1-6H3. The van der Waals surface area contributed by atoms with Crippen LogP contribution in [-0.2, 0) is 26.9 Å². The molecule has 5 nitrogen and oxygen atoms in total. The normalized spacial score (nSPS) is 20.7. The number of aromatic nitrogens is 1. The summed E-state index contributed by atoms with van der Waals surface area (Å²) >= 11 is 0. The summed E-state index contributed by atoms with van der Waals surface area (Å²) in [6, 6.07) is 18.0. The van der Waals surface area contributed by atoms with Gasteiger partial charge in [0.15, 0.2) is 0 Å². The highest BCUT2D eigenvalue weighted by Crippen LogP contribution is 2.43. The van der Waals surface area contributed by atoms with Gasteiger partial charge in [-0.3, -0.25) is 4.90 Å². The number of nitrogens with zero attached hydrogens (tertiary/aromatic N) is 2. The molecule has 0 amide bonds. The molecule has 0 atom stereocenters. The number of rotatable bonds is 11. The van der Waals surface area contributed by atoms with Gasteiger partial charge in [0.1, 0.15) is 13.9 Å². The molecule has 214 valence electrons. The Labute approximate surface area is 235 Å². The molecule has 1 saturated carbocycles. The summed E-state index contributed by atoms with van der Waals surface area (Å²) in [4.78, 5) is 2.37. The van der Waals surface area contributed by atoms with Crippen LogP contribution in [-0.4, -0.2) is 52.3 Å². The molecule has 0 spiro atoms. The molecule has 2 aromatic carbocycles. The van der Waals surface area contributed by atoms with E-state index < -0.39 is 18.1 Å². The molecule has 1 heterocycles. The molecule has 1 aliphatic rings. The summed E-state index contributed by atoms with van der Waals surface area (Å²) in [6.07, 6.45) is 5.53. The molecule has 0 N–H and O–H groups in total. The number of halogens is 1. The quantitative estimate of drug-likeness (QED) is 0.247. The van der Waals surface area contributed by atoms with Gasteiger partial charge in [-0.2, -0.15) is 0 Å². The lowest BCUT2D eigenvalue weighted by Crippen LogP contribution is -2.52. The van der Waals surface area contributed by atoms with Gasteiger partial charge in [-0.05, 0) is 69.5 Å². The highest BCUT2D eigenvalue weighted by molar-refractivity contribution is 7.89. The molecule has 0 bridgehead atoms. The van der Waals surface area contributed by atoms with Crippen LogP contribution in [0.2, 0.25) is 18.1 Å². The van der Waals surface area contributed by atoms with Crippen LogP contribution in [0.1, 0.15) is 57.6 Å². The fourth-order valence-corrected chi connectivity index (χ4v) is 12.9. The van der Waals surface area contributed by atoms with Crippen molar-refractivity contribution < 1.29 is 17.5 Å². The summed E-state index contributed by atoms with van der Waals surface area (Å²) in [7, 11) is -1.42. The fraction of sp³-hybridized carbons (Fsp3) is 0.548. The first-order chi connectivity index (χ1) is 18.5. The van der Waals surface area contributed by atoms with Gasteiger partial charge in [-0.15, -0.1) is 0 Å². The molecule has 39 heavy (non-hydrogen) atoms. The Hall–Kier alpha value is -2.00. The summed E-state index contributed by atoms with van der Waals surface area (Å²) in [6.45, 7) is 7.43. The first-order valence-corrected chi connectivity index (χ1v) is 18.8. The Kier molecular flexibility index (Phi) is 9.11. The lowest BCUT2D eigenvalue weighted by molar-refractivity contribution is 0.0292. The molecule has 0 unspecified atom stereocenters. The maximum Gasteiger partial charge on any atom is 0.235 e. The van der Waals surface area contributed by atoms with E-state index >= 15 is 0 Å². The van der Waals surface area contributed by atoms with E-state index in [-0.39, 0.29) is 11.4 Å². The zero-order chi connectivity index (χ0) is 28.4. The van der Waals surface area contributed by atoms with Crippen LogP contribution >= 0.6 is 0 Å². The van der Waals surface area contributed by atoms with Gasteiger partial charge in [-0.1, -0.05) is 69.2 Å². The van der Waals surface area contributed by atoms with Crippen molar-refractivity contribution in [3.8, 4) is 0 Å². The number of hydrogen-bond acceptors (Lipinski definition) is 4. The van der Waals surface area contributed by atoms with Crippen LogP contribution in [0.5, 0.6) is 0 Å². The second-order valence-corrected chi connectivity index (χ2v) is 18.6. The van der Waals surface area contributed by atoms with Gasteiger partial charge >= 0.3 is 0 Å². The predicted octanol–water partition coefficient (Wildman–Crippen LogP) is 6.47. The van der Waals surface area contributed by atoms with Crippen LogP contribution in [0.15, 0.2) is 48.5 Å². The number of benzene rings is 2. The van der Waals surface area contributed by atoms with Crippen molar-refractivity contribution in [3.05, 3.63) is 65.5 Å². The largest absolute Gasteiger partial charge is 0.376 e. The average Bonchev–Trinajstić information content (AvgIpc) is 3.25. The van der Waals surface area contributed by atoms with E-state index in [1.807, 2.05) is 0 Å². The summed E-state index contributed by atoms with van der Waals surface area (Å²) < 4.78 is 48.8. The Bertz CT molecular complexity index is 1370. The third-order valence-electron chi connectivity index (χ3n) is 9.56. The fourth-order valence-electron chi connectivity index (χ4n) is 6.97. The minimum Gasteiger partial charge on any atom is -0.376 e. The van der Waals surface area contributed by atoms with Crippen molar-refractivity contribution in [2.45, 2.75) is 76.7 Å². The molecule has 3 aromatic rings. The second kappa shape index (κ2) is 11.8. The van der Waals surface area contributed by atoms with Crippen molar-refractivity contribution in [2.24, 2.45) is 5.92 Å². The zero-order valence-corrected chi connectivity index (χ0v) is 26.3. The van der Waals surface area contributed by atoms with Gasteiger partial charge in [-0.25, -0.2) is 16.8 Å². The monoisotopic (exact) mass is 572 g/mol. The summed E-state index contributed by atoms with van der Waals surface area (Å²) in [5.74, 6) is 0.0849. The molecule has 8 heteroatoms. The van der Waals surface area contributed by atoms with Crippen LogP contribution in [0.4, 0.5) is 4.39 Å². The van der Waals surface area contributed by atoms with E-state index in [9.17, 15) is 12.8 Å². The van der Waals surface area contributed by atoms with Gasteiger partial charge in [0.25, 0.3) is 0 Å². The summed E-state index contributed by atoms with van der Waals surface area (Å²) in [5.41, 5.74) is 2.85. The Morgan fingerprint density at radius 2 is 1.64 bits per heavy atom. The van der Waals surface area contributed by atoms with Crippen molar-refractivity contribution in [2.75, 3.05) is 27.0 Å². The molecule has 1 aliphatic carbocycles. The van der Waals surface area contributed by atoms with E-state index in [4.69, 9.17) is 4.74 Å².